The second-order valence-electron chi connectivity index (χ2n) is 4.36. The van der Waals surface area contributed by atoms with E-state index in [-0.39, 0.29) is 0 Å². The fraction of sp³-hybridized carbons (Fsp3) is 0. The Hall–Kier alpha value is -3.19. The van der Waals surface area contributed by atoms with Crippen LogP contribution in [0.15, 0.2) is 70.3 Å². The molecule has 1 aromatic carbocycles. The van der Waals surface area contributed by atoms with Gasteiger partial charge in [0.25, 0.3) is 0 Å². The Morgan fingerprint density at radius 2 is 1.95 bits per heavy atom. The van der Waals surface area contributed by atoms with Crippen LogP contribution in [0.3, 0.4) is 0 Å². The van der Waals surface area contributed by atoms with Gasteiger partial charge in [0.05, 0.1) is 29.7 Å². The Labute approximate surface area is 122 Å². The highest BCUT2D eigenvalue weighted by atomic mass is 16.3. The third-order valence-corrected chi connectivity index (χ3v) is 2.91. The highest BCUT2D eigenvalue weighted by Gasteiger charge is 2.03. The molecule has 0 aliphatic carbocycles. The number of hydrogen-bond acceptors (Lipinski definition) is 4. The van der Waals surface area contributed by atoms with Crippen LogP contribution in [0.4, 0.5) is 5.69 Å². The third-order valence-electron chi connectivity index (χ3n) is 2.91. The summed E-state index contributed by atoms with van der Waals surface area (Å²) in [5, 5.41) is 8.79. The number of rotatable bonds is 3. The summed E-state index contributed by atoms with van der Waals surface area (Å²) in [5.41, 5.74) is 2.33. The molecule has 0 bridgehead atoms. The smallest absolute Gasteiger partial charge is 0.145 e. The van der Waals surface area contributed by atoms with Crippen LogP contribution in [0, 0.1) is 11.3 Å². The lowest BCUT2D eigenvalue weighted by Gasteiger charge is -1.96. The van der Waals surface area contributed by atoms with Gasteiger partial charge < -0.3 is 4.42 Å². The molecule has 0 N–H and O–H groups in total. The molecule has 4 heteroatoms. The minimum atomic E-state index is 0.628. The van der Waals surface area contributed by atoms with E-state index in [9.17, 15) is 0 Å². The van der Waals surface area contributed by atoms with Crippen molar-refractivity contribution in [2.24, 2.45) is 4.99 Å². The molecule has 21 heavy (non-hydrogen) atoms. The van der Waals surface area contributed by atoms with Gasteiger partial charge in [0.2, 0.25) is 0 Å². The fourth-order valence-corrected chi connectivity index (χ4v) is 1.85. The maximum absolute atomic E-state index is 8.79. The molecule has 0 aliphatic heterocycles. The minimum Gasteiger partial charge on any atom is -0.455 e. The third kappa shape index (κ3) is 3.04. The molecule has 0 aliphatic rings. The second kappa shape index (κ2) is 5.85. The Morgan fingerprint density at radius 3 is 2.67 bits per heavy atom. The quantitative estimate of drug-likeness (QED) is 0.678. The first kappa shape index (κ1) is 12.8. The zero-order valence-corrected chi connectivity index (χ0v) is 11.1. The van der Waals surface area contributed by atoms with Crippen molar-refractivity contribution in [2.75, 3.05) is 0 Å². The SMILES string of the molecule is N#Cc1ccc(-c2ccc(C=Nc3cccnc3)o2)cc1. The Bertz CT molecular complexity index is 796. The first-order valence-electron chi connectivity index (χ1n) is 6.39. The van der Waals surface area contributed by atoms with Crippen LogP contribution in [-0.2, 0) is 0 Å². The summed E-state index contributed by atoms with van der Waals surface area (Å²) in [5.74, 6) is 1.41. The number of benzene rings is 1. The van der Waals surface area contributed by atoms with Crippen LogP contribution in [0.2, 0.25) is 0 Å². The van der Waals surface area contributed by atoms with Crippen molar-refractivity contribution in [3.8, 4) is 17.4 Å². The minimum absolute atomic E-state index is 0.628. The van der Waals surface area contributed by atoms with Crippen LogP contribution >= 0.6 is 0 Å². The Kier molecular flexibility index (Phi) is 3.57. The van der Waals surface area contributed by atoms with Crippen molar-refractivity contribution in [3.05, 3.63) is 72.2 Å². The highest BCUT2D eigenvalue weighted by Crippen LogP contribution is 2.22. The van der Waals surface area contributed by atoms with Gasteiger partial charge in [-0.05, 0) is 48.5 Å². The molecule has 3 rings (SSSR count). The van der Waals surface area contributed by atoms with Crippen LogP contribution in [0.25, 0.3) is 11.3 Å². The molecule has 4 nitrogen and oxygen atoms in total. The number of furan rings is 1. The molecule has 2 heterocycles. The average Bonchev–Trinajstić information content (AvgIpc) is 3.03. The molecule has 0 amide bonds. The number of nitrogens with zero attached hydrogens (tertiary/aromatic N) is 3. The molecule has 0 radical (unpaired) electrons. The molecule has 0 saturated heterocycles. The van der Waals surface area contributed by atoms with Crippen molar-refractivity contribution in [2.45, 2.75) is 0 Å². The maximum atomic E-state index is 8.79. The normalized spacial score (nSPS) is 10.6. The van der Waals surface area contributed by atoms with Gasteiger partial charge >= 0.3 is 0 Å². The van der Waals surface area contributed by atoms with Gasteiger partial charge in [0.15, 0.2) is 0 Å². The summed E-state index contributed by atoms with van der Waals surface area (Å²) in [4.78, 5) is 8.28. The molecular weight excluding hydrogens is 262 g/mol. The first-order chi connectivity index (χ1) is 10.3. The van der Waals surface area contributed by atoms with Crippen molar-refractivity contribution < 1.29 is 4.42 Å². The number of aliphatic imine (C=N–C) groups is 1. The number of hydrogen-bond donors (Lipinski definition) is 0. The lowest BCUT2D eigenvalue weighted by molar-refractivity contribution is 0.575. The van der Waals surface area contributed by atoms with Gasteiger partial charge in [-0.25, -0.2) is 0 Å². The highest BCUT2D eigenvalue weighted by molar-refractivity contribution is 5.79. The van der Waals surface area contributed by atoms with E-state index in [0.29, 0.717) is 11.3 Å². The van der Waals surface area contributed by atoms with Crippen molar-refractivity contribution in [3.63, 3.8) is 0 Å². The largest absolute Gasteiger partial charge is 0.455 e. The molecule has 0 fully saturated rings. The number of pyridine rings is 1. The van der Waals surface area contributed by atoms with E-state index in [4.69, 9.17) is 9.68 Å². The molecule has 0 unspecified atom stereocenters. The number of nitriles is 1. The molecule has 0 spiro atoms. The standard InChI is InChI=1S/C17H11N3O/c18-10-13-3-5-14(6-4-13)17-8-7-16(21-17)12-20-15-2-1-9-19-11-15/h1-9,11-12H. The maximum Gasteiger partial charge on any atom is 0.145 e. The van der Waals surface area contributed by atoms with E-state index < -0.39 is 0 Å². The molecule has 3 aromatic rings. The average molecular weight is 273 g/mol. The topological polar surface area (TPSA) is 62.2 Å². The lowest BCUT2D eigenvalue weighted by Crippen LogP contribution is -1.77. The molecule has 0 atom stereocenters. The Morgan fingerprint density at radius 1 is 1.10 bits per heavy atom. The van der Waals surface area contributed by atoms with E-state index in [0.717, 1.165) is 17.0 Å². The van der Waals surface area contributed by atoms with E-state index in [1.165, 1.54) is 0 Å². The zero-order chi connectivity index (χ0) is 14.5. The monoisotopic (exact) mass is 273 g/mol. The van der Waals surface area contributed by atoms with Gasteiger partial charge in [0, 0.05) is 11.8 Å². The van der Waals surface area contributed by atoms with E-state index in [1.54, 1.807) is 30.7 Å². The zero-order valence-electron chi connectivity index (χ0n) is 11.1. The number of aromatic nitrogens is 1. The van der Waals surface area contributed by atoms with E-state index in [2.05, 4.69) is 16.0 Å². The fourth-order valence-electron chi connectivity index (χ4n) is 1.85. The first-order valence-corrected chi connectivity index (χ1v) is 6.39. The van der Waals surface area contributed by atoms with Gasteiger partial charge in [-0.1, -0.05) is 0 Å². The second-order valence-corrected chi connectivity index (χ2v) is 4.36. The van der Waals surface area contributed by atoms with Gasteiger partial charge in [-0.15, -0.1) is 0 Å². The van der Waals surface area contributed by atoms with Crippen molar-refractivity contribution >= 4 is 11.9 Å². The molecule has 0 saturated carbocycles. The van der Waals surface area contributed by atoms with Crippen molar-refractivity contribution in [1.82, 2.24) is 4.98 Å². The van der Waals surface area contributed by atoms with Gasteiger partial charge in [-0.2, -0.15) is 5.26 Å². The van der Waals surface area contributed by atoms with Gasteiger partial charge in [-0.3, -0.25) is 9.98 Å². The van der Waals surface area contributed by atoms with Crippen LogP contribution in [0.5, 0.6) is 0 Å². The Balaban J connectivity index is 1.80. The van der Waals surface area contributed by atoms with Gasteiger partial charge in [0.1, 0.15) is 11.5 Å². The summed E-state index contributed by atoms with van der Waals surface area (Å²) >= 11 is 0. The summed E-state index contributed by atoms with van der Waals surface area (Å²) in [6.07, 6.45) is 5.04. The molecule has 2 aromatic heterocycles. The predicted octanol–water partition coefficient (Wildman–Crippen LogP) is 3.96. The predicted molar refractivity (Wildman–Crippen MR) is 80.4 cm³/mol. The van der Waals surface area contributed by atoms with Crippen LogP contribution in [0.1, 0.15) is 11.3 Å². The summed E-state index contributed by atoms with van der Waals surface area (Å²) in [6.45, 7) is 0. The molecular formula is C17H11N3O. The van der Waals surface area contributed by atoms with Crippen molar-refractivity contribution in [1.29, 1.82) is 5.26 Å². The van der Waals surface area contributed by atoms with E-state index >= 15 is 0 Å². The lowest BCUT2D eigenvalue weighted by atomic mass is 10.1. The van der Waals surface area contributed by atoms with Crippen LogP contribution in [-0.4, -0.2) is 11.2 Å². The van der Waals surface area contributed by atoms with E-state index in [1.807, 2.05) is 36.4 Å². The summed E-state index contributed by atoms with van der Waals surface area (Å²) < 4.78 is 5.71. The summed E-state index contributed by atoms with van der Waals surface area (Å²) in [6, 6.07) is 16.8. The molecule has 100 valence electrons. The summed E-state index contributed by atoms with van der Waals surface area (Å²) in [7, 11) is 0. The van der Waals surface area contributed by atoms with Crippen LogP contribution < -0.4 is 0 Å².